The van der Waals surface area contributed by atoms with Crippen molar-refractivity contribution in [2.45, 2.75) is 34.1 Å². The molecule has 26 heavy (non-hydrogen) atoms. The van der Waals surface area contributed by atoms with Crippen LogP contribution in [0.1, 0.15) is 30.5 Å². The summed E-state index contributed by atoms with van der Waals surface area (Å²) in [7, 11) is 2.13. The molecule has 4 rings (SSSR count). The molecular formula is C24H26NO+. The highest BCUT2D eigenvalue weighted by atomic mass is 16.3. The summed E-state index contributed by atoms with van der Waals surface area (Å²) in [6, 6.07) is 15.0. The van der Waals surface area contributed by atoms with Gasteiger partial charge in [-0.1, -0.05) is 44.2 Å². The van der Waals surface area contributed by atoms with E-state index in [-0.39, 0.29) is 0 Å². The largest absolute Gasteiger partial charge is 0.455 e. The summed E-state index contributed by atoms with van der Waals surface area (Å²) < 4.78 is 8.54. The van der Waals surface area contributed by atoms with Crippen molar-refractivity contribution >= 4 is 21.9 Å². The van der Waals surface area contributed by atoms with Crippen LogP contribution < -0.4 is 4.57 Å². The zero-order chi connectivity index (χ0) is 18.4. The quantitative estimate of drug-likeness (QED) is 0.423. The first-order valence-corrected chi connectivity index (χ1v) is 9.36. The van der Waals surface area contributed by atoms with Crippen molar-refractivity contribution in [2.24, 2.45) is 13.0 Å². The number of hydrogen-bond acceptors (Lipinski definition) is 1. The molecule has 2 heteroatoms. The predicted octanol–water partition coefficient (Wildman–Crippen LogP) is 5.89. The van der Waals surface area contributed by atoms with Crippen LogP contribution in [-0.4, -0.2) is 0 Å². The standard InChI is InChI=1S/C24H26NO/c1-15(2)12-18-13-21(25(5)14-17(18)4)23-16(3)10-11-20-19-8-6-7-9-22(19)26-24(20)23/h6-11,13-15H,12H2,1-5H3/q+1. The van der Waals surface area contributed by atoms with Gasteiger partial charge in [-0.3, -0.25) is 0 Å². The van der Waals surface area contributed by atoms with Crippen molar-refractivity contribution in [2.75, 3.05) is 0 Å². The number of benzene rings is 2. The Kier molecular flexibility index (Phi) is 4.07. The number of pyridine rings is 1. The molecule has 2 nitrogen and oxygen atoms in total. The summed E-state index contributed by atoms with van der Waals surface area (Å²) in [4.78, 5) is 0. The van der Waals surface area contributed by atoms with Gasteiger partial charge in [-0.25, -0.2) is 4.57 Å². The lowest BCUT2D eigenvalue weighted by atomic mass is 9.95. The van der Waals surface area contributed by atoms with Crippen LogP contribution in [0.25, 0.3) is 33.2 Å². The van der Waals surface area contributed by atoms with Gasteiger partial charge in [0.15, 0.2) is 6.20 Å². The second-order valence-corrected chi connectivity index (χ2v) is 7.81. The minimum Gasteiger partial charge on any atom is -0.455 e. The molecule has 0 bridgehead atoms. The van der Waals surface area contributed by atoms with Crippen LogP contribution in [-0.2, 0) is 13.5 Å². The maximum Gasteiger partial charge on any atom is 0.216 e. The van der Waals surface area contributed by atoms with Crippen LogP contribution in [0, 0.1) is 19.8 Å². The number of rotatable bonds is 3. The Balaban J connectivity index is 2.04. The van der Waals surface area contributed by atoms with Crippen LogP contribution in [0.2, 0.25) is 0 Å². The molecule has 2 aromatic heterocycles. The fourth-order valence-electron chi connectivity index (χ4n) is 3.94. The molecule has 0 fully saturated rings. The lowest BCUT2D eigenvalue weighted by Crippen LogP contribution is -2.32. The zero-order valence-electron chi connectivity index (χ0n) is 16.3. The van der Waals surface area contributed by atoms with Gasteiger partial charge in [0.1, 0.15) is 18.2 Å². The van der Waals surface area contributed by atoms with Crippen molar-refractivity contribution in [1.82, 2.24) is 0 Å². The first-order chi connectivity index (χ1) is 12.5. The summed E-state index contributed by atoms with van der Waals surface area (Å²) in [5.41, 5.74) is 8.36. The van der Waals surface area contributed by atoms with Crippen LogP contribution >= 0.6 is 0 Å². The molecule has 0 amide bonds. The third kappa shape index (κ3) is 2.70. The highest BCUT2D eigenvalue weighted by Crippen LogP contribution is 2.37. The van der Waals surface area contributed by atoms with E-state index in [1.165, 1.54) is 38.7 Å². The third-order valence-corrected chi connectivity index (χ3v) is 5.22. The van der Waals surface area contributed by atoms with Crippen LogP contribution in [0.5, 0.6) is 0 Å². The Labute approximate surface area is 155 Å². The molecule has 0 aliphatic rings. The van der Waals surface area contributed by atoms with Crippen molar-refractivity contribution in [3.8, 4) is 11.3 Å². The summed E-state index contributed by atoms with van der Waals surface area (Å²) in [6.45, 7) is 8.93. The van der Waals surface area contributed by atoms with Gasteiger partial charge in [-0.15, -0.1) is 0 Å². The number of nitrogens with zero attached hydrogens (tertiary/aromatic N) is 1. The molecule has 132 valence electrons. The lowest BCUT2D eigenvalue weighted by Gasteiger charge is -2.11. The van der Waals surface area contributed by atoms with Gasteiger partial charge in [0.05, 0.1) is 5.56 Å². The molecule has 0 aliphatic heterocycles. The molecule has 0 aliphatic carbocycles. The Bertz CT molecular complexity index is 1120. The van der Waals surface area contributed by atoms with Gasteiger partial charge in [-0.2, -0.15) is 0 Å². The Morgan fingerprint density at radius 1 is 0.962 bits per heavy atom. The second-order valence-electron chi connectivity index (χ2n) is 7.81. The van der Waals surface area contributed by atoms with Gasteiger partial charge in [0.2, 0.25) is 5.69 Å². The van der Waals surface area contributed by atoms with Crippen molar-refractivity contribution in [1.29, 1.82) is 0 Å². The van der Waals surface area contributed by atoms with Gasteiger partial charge >= 0.3 is 0 Å². The number of para-hydroxylation sites is 1. The average Bonchev–Trinajstić information content (AvgIpc) is 2.96. The van der Waals surface area contributed by atoms with Crippen molar-refractivity contribution in [3.05, 3.63) is 65.4 Å². The van der Waals surface area contributed by atoms with E-state index < -0.39 is 0 Å². The molecule has 2 aromatic carbocycles. The van der Waals surface area contributed by atoms with Gasteiger partial charge in [0, 0.05) is 22.4 Å². The summed E-state index contributed by atoms with van der Waals surface area (Å²) in [5, 5.41) is 2.37. The Morgan fingerprint density at radius 3 is 2.50 bits per heavy atom. The van der Waals surface area contributed by atoms with Crippen LogP contribution in [0.15, 0.2) is 53.1 Å². The summed E-state index contributed by atoms with van der Waals surface area (Å²) in [6.07, 6.45) is 3.34. The van der Waals surface area contributed by atoms with Gasteiger partial charge in [0.25, 0.3) is 0 Å². The maximum atomic E-state index is 6.31. The molecule has 0 spiro atoms. The summed E-state index contributed by atoms with van der Waals surface area (Å²) >= 11 is 0. The minimum absolute atomic E-state index is 0.636. The van der Waals surface area contributed by atoms with E-state index in [1.807, 2.05) is 12.1 Å². The Morgan fingerprint density at radius 2 is 1.73 bits per heavy atom. The van der Waals surface area contributed by atoms with E-state index in [1.54, 1.807) is 0 Å². The molecular weight excluding hydrogens is 318 g/mol. The number of fused-ring (bicyclic) bond motifs is 3. The fraction of sp³-hybridized carbons (Fsp3) is 0.292. The average molecular weight is 344 g/mol. The first-order valence-electron chi connectivity index (χ1n) is 9.36. The number of aryl methyl sites for hydroxylation is 3. The highest BCUT2D eigenvalue weighted by Gasteiger charge is 2.22. The number of furan rings is 1. The highest BCUT2D eigenvalue weighted by molar-refractivity contribution is 6.09. The smallest absolute Gasteiger partial charge is 0.216 e. The molecule has 0 unspecified atom stereocenters. The second kappa shape index (κ2) is 6.28. The van der Waals surface area contributed by atoms with Gasteiger partial charge in [-0.05, 0) is 43.4 Å². The van der Waals surface area contributed by atoms with Crippen LogP contribution in [0.3, 0.4) is 0 Å². The first kappa shape index (κ1) is 16.8. The van der Waals surface area contributed by atoms with E-state index >= 15 is 0 Å². The van der Waals surface area contributed by atoms with E-state index in [9.17, 15) is 0 Å². The van der Waals surface area contributed by atoms with Gasteiger partial charge < -0.3 is 4.42 Å². The molecule has 0 N–H and O–H groups in total. The van der Waals surface area contributed by atoms with E-state index in [4.69, 9.17) is 4.42 Å². The zero-order valence-corrected chi connectivity index (χ0v) is 16.3. The molecule has 0 atom stereocenters. The molecule has 2 heterocycles. The fourth-order valence-corrected chi connectivity index (χ4v) is 3.94. The third-order valence-electron chi connectivity index (χ3n) is 5.22. The van der Waals surface area contributed by atoms with Crippen molar-refractivity contribution < 1.29 is 8.98 Å². The lowest BCUT2D eigenvalue weighted by molar-refractivity contribution is -0.660. The normalized spacial score (nSPS) is 11.8. The van der Waals surface area contributed by atoms with Crippen LogP contribution in [0.4, 0.5) is 0 Å². The monoisotopic (exact) mass is 344 g/mol. The van der Waals surface area contributed by atoms with Crippen molar-refractivity contribution in [3.63, 3.8) is 0 Å². The molecule has 0 saturated heterocycles. The predicted molar refractivity (Wildman–Crippen MR) is 108 cm³/mol. The topological polar surface area (TPSA) is 17.0 Å². The van der Waals surface area contributed by atoms with E-state index in [0.29, 0.717) is 5.92 Å². The number of hydrogen-bond donors (Lipinski definition) is 0. The molecule has 4 aromatic rings. The number of aromatic nitrogens is 1. The Hall–Kier alpha value is -2.61. The molecule has 0 saturated carbocycles. The summed E-state index contributed by atoms with van der Waals surface area (Å²) in [5.74, 6) is 0.636. The minimum atomic E-state index is 0.636. The molecule has 0 radical (unpaired) electrons. The SMILES string of the molecule is Cc1c[n+](C)c(-c2c(C)ccc3c2oc2ccccc23)cc1CC(C)C. The van der Waals surface area contributed by atoms with E-state index in [2.05, 4.69) is 75.8 Å². The van der Waals surface area contributed by atoms with E-state index in [0.717, 1.165) is 17.6 Å². The maximum absolute atomic E-state index is 6.31.